The number of piperidine rings is 1. The second-order valence-corrected chi connectivity index (χ2v) is 8.47. The average molecular weight is 397 g/mol. The molecule has 2 fully saturated rings. The number of benzene rings is 1. The Morgan fingerprint density at radius 3 is 2.48 bits per heavy atom. The lowest BCUT2D eigenvalue weighted by atomic mass is 9.90. The van der Waals surface area contributed by atoms with Crippen LogP contribution in [0.25, 0.3) is 0 Å². The molecule has 1 amide bonds. The lowest BCUT2D eigenvalue weighted by Crippen LogP contribution is -2.40. The van der Waals surface area contributed by atoms with Gasteiger partial charge in [0.15, 0.2) is 0 Å². The highest BCUT2D eigenvalue weighted by Crippen LogP contribution is 2.29. The van der Waals surface area contributed by atoms with Crippen LogP contribution in [0.5, 0.6) is 5.75 Å². The third-order valence-electron chi connectivity index (χ3n) is 6.47. The Bertz CT molecular complexity index is 816. The molecule has 1 aromatic carbocycles. The van der Waals surface area contributed by atoms with E-state index in [2.05, 4.69) is 15.3 Å². The van der Waals surface area contributed by atoms with Crippen LogP contribution in [0.3, 0.4) is 0 Å². The Hall–Kier alpha value is -2.34. The number of nitrogens with zero attached hydrogens (tertiary/aromatic N) is 3. The molecule has 6 nitrogen and oxygen atoms in total. The highest BCUT2D eigenvalue weighted by Gasteiger charge is 2.28. The molecule has 2 aliphatic rings. The highest BCUT2D eigenvalue weighted by atomic mass is 16.5. The summed E-state index contributed by atoms with van der Waals surface area (Å²) in [4.78, 5) is 15.6. The molecule has 1 aliphatic carbocycles. The average Bonchev–Trinajstić information content (AvgIpc) is 3.39. The van der Waals surface area contributed by atoms with Crippen molar-refractivity contribution in [2.24, 2.45) is 13.0 Å². The monoisotopic (exact) mass is 396 g/mol. The van der Waals surface area contributed by atoms with Gasteiger partial charge in [-0.2, -0.15) is 5.10 Å². The number of likely N-dealkylation sites (tertiary alicyclic amines) is 1. The number of ether oxygens (including phenoxy) is 1. The Morgan fingerprint density at radius 1 is 1.14 bits per heavy atom. The number of aromatic nitrogens is 2. The molecule has 1 saturated heterocycles. The molecule has 1 aromatic heterocycles. The van der Waals surface area contributed by atoms with E-state index in [1.54, 1.807) is 11.8 Å². The van der Waals surface area contributed by atoms with Crippen LogP contribution in [0, 0.1) is 5.92 Å². The van der Waals surface area contributed by atoms with Crippen molar-refractivity contribution in [1.82, 2.24) is 14.7 Å². The third kappa shape index (κ3) is 4.81. The number of carbonyl (C=O) groups excluding carboxylic acids is 1. The van der Waals surface area contributed by atoms with Crippen molar-refractivity contribution in [3.63, 3.8) is 0 Å². The van der Waals surface area contributed by atoms with E-state index in [4.69, 9.17) is 4.74 Å². The molecule has 0 radical (unpaired) electrons. The lowest BCUT2D eigenvalue weighted by molar-refractivity contribution is 0.102. The summed E-state index contributed by atoms with van der Waals surface area (Å²) in [7, 11) is 3.52. The van der Waals surface area contributed by atoms with E-state index < -0.39 is 0 Å². The molecule has 2 heterocycles. The van der Waals surface area contributed by atoms with Gasteiger partial charge in [-0.25, -0.2) is 0 Å². The van der Waals surface area contributed by atoms with Crippen molar-refractivity contribution in [3.05, 3.63) is 41.7 Å². The van der Waals surface area contributed by atoms with E-state index in [1.807, 2.05) is 37.5 Å². The zero-order valence-electron chi connectivity index (χ0n) is 17.6. The molecule has 0 atom stereocenters. The molecular formula is C23H32N4O2. The van der Waals surface area contributed by atoms with E-state index in [0.717, 1.165) is 29.6 Å². The summed E-state index contributed by atoms with van der Waals surface area (Å²) >= 11 is 0. The number of carbonyl (C=O) groups is 1. The second kappa shape index (κ2) is 8.99. The molecule has 1 aliphatic heterocycles. The molecule has 2 aromatic rings. The smallest absolute Gasteiger partial charge is 0.259 e. The van der Waals surface area contributed by atoms with Crippen LogP contribution in [-0.2, 0) is 13.5 Å². The van der Waals surface area contributed by atoms with Crippen LogP contribution in [0.1, 0.15) is 54.6 Å². The quantitative estimate of drug-likeness (QED) is 0.805. The number of amides is 1. The zero-order valence-corrected chi connectivity index (χ0v) is 17.6. The number of methoxy groups -OCH3 is 1. The maximum absolute atomic E-state index is 12.9. The maximum Gasteiger partial charge on any atom is 0.259 e. The summed E-state index contributed by atoms with van der Waals surface area (Å²) in [6.07, 6.45) is 10.7. The predicted molar refractivity (Wildman–Crippen MR) is 114 cm³/mol. The Labute approximate surface area is 173 Å². The SMILES string of the molecule is COc1ccc(NC(=O)c2cn(C)nc2CC2CCN(C3CCCC3)CC2)cc1. The summed E-state index contributed by atoms with van der Waals surface area (Å²) in [6, 6.07) is 8.21. The fourth-order valence-corrected chi connectivity index (χ4v) is 4.81. The number of rotatable bonds is 6. The number of hydrogen-bond donors (Lipinski definition) is 1. The molecule has 0 spiro atoms. The minimum Gasteiger partial charge on any atom is -0.497 e. The first-order valence-electron chi connectivity index (χ1n) is 10.8. The van der Waals surface area contributed by atoms with Gasteiger partial charge in [0.25, 0.3) is 5.91 Å². The van der Waals surface area contributed by atoms with Gasteiger partial charge in [0.2, 0.25) is 0 Å². The zero-order chi connectivity index (χ0) is 20.2. The van der Waals surface area contributed by atoms with Crippen LogP contribution in [0.4, 0.5) is 5.69 Å². The molecular weight excluding hydrogens is 364 g/mol. The van der Waals surface area contributed by atoms with Gasteiger partial charge in [0.05, 0.1) is 18.4 Å². The molecule has 0 bridgehead atoms. The summed E-state index contributed by atoms with van der Waals surface area (Å²) in [5.74, 6) is 1.28. The second-order valence-electron chi connectivity index (χ2n) is 8.47. The van der Waals surface area contributed by atoms with Crippen LogP contribution < -0.4 is 10.1 Å². The van der Waals surface area contributed by atoms with E-state index >= 15 is 0 Å². The topological polar surface area (TPSA) is 59.4 Å². The normalized spacial score (nSPS) is 18.8. The Kier molecular flexibility index (Phi) is 6.19. The standard InChI is InChI=1S/C23H32N4O2/c1-26-16-21(23(28)24-18-7-9-20(29-2)10-8-18)22(25-26)15-17-11-13-27(14-12-17)19-5-3-4-6-19/h7-10,16-17,19H,3-6,11-15H2,1-2H3,(H,24,28). The lowest BCUT2D eigenvalue weighted by Gasteiger charge is -2.35. The first-order valence-corrected chi connectivity index (χ1v) is 10.8. The van der Waals surface area contributed by atoms with Gasteiger partial charge in [-0.05, 0) is 75.4 Å². The molecule has 1 saturated carbocycles. The van der Waals surface area contributed by atoms with Crippen molar-refractivity contribution >= 4 is 11.6 Å². The van der Waals surface area contributed by atoms with E-state index in [1.165, 1.54) is 51.6 Å². The Balaban J connectivity index is 1.37. The fraction of sp³-hybridized carbons (Fsp3) is 0.565. The fourth-order valence-electron chi connectivity index (χ4n) is 4.81. The van der Waals surface area contributed by atoms with E-state index in [9.17, 15) is 4.79 Å². The van der Waals surface area contributed by atoms with Crippen molar-refractivity contribution in [2.75, 3.05) is 25.5 Å². The molecule has 6 heteroatoms. The number of aryl methyl sites for hydroxylation is 1. The summed E-state index contributed by atoms with van der Waals surface area (Å²) in [5, 5.41) is 7.60. The van der Waals surface area contributed by atoms with Crippen LogP contribution in [0.15, 0.2) is 30.5 Å². The molecule has 29 heavy (non-hydrogen) atoms. The van der Waals surface area contributed by atoms with Crippen LogP contribution in [-0.4, -0.2) is 46.8 Å². The van der Waals surface area contributed by atoms with Crippen molar-refractivity contribution < 1.29 is 9.53 Å². The molecule has 0 unspecified atom stereocenters. The summed E-state index contributed by atoms with van der Waals surface area (Å²) in [6.45, 7) is 2.38. The van der Waals surface area contributed by atoms with Gasteiger partial charge >= 0.3 is 0 Å². The van der Waals surface area contributed by atoms with Crippen molar-refractivity contribution in [1.29, 1.82) is 0 Å². The van der Waals surface area contributed by atoms with Gasteiger partial charge in [0, 0.05) is 25.0 Å². The minimum absolute atomic E-state index is 0.0957. The summed E-state index contributed by atoms with van der Waals surface area (Å²) in [5.41, 5.74) is 2.36. The van der Waals surface area contributed by atoms with Gasteiger partial charge in [-0.3, -0.25) is 9.48 Å². The van der Waals surface area contributed by atoms with Crippen LogP contribution >= 0.6 is 0 Å². The van der Waals surface area contributed by atoms with Crippen molar-refractivity contribution in [2.45, 2.75) is 51.0 Å². The third-order valence-corrected chi connectivity index (χ3v) is 6.47. The molecule has 156 valence electrons. The van der Waals surface area contributed by atoms with Crippen LogP contribution in [0.2, 0.25) is 0 Å². The van der Waals surface area contributed by atoms with E-state index in [-0.39, 0.29) is 5.91 Å². The number of anilines is 1. The molecule has 4 rings (SSSR count). The highest BCUT2D eigenvalue weighted by molar-refractivity contribution is 6.04. The number of nitrogens with one attached hydrogen (secondary N) is 1. The van der Waals surface area contributed by atoms with Gasteiger partial charge < -0.3 is 15.0 Å². The first kappa shape index (κ1) is 20.0. The molecule has 1 N–H and O–H groups in total. The van der Waals surface area contributed by atoms with Crippen molar-refractivity contribution in [3.8, 4) is 5.75 Å². The van der Waals surface area contributed by atoms with Gasteiger partial charge in [0.1, 0.15) is 5.75 Å². The number of hydrogen-bond acceptors (Lipinski definition) is 4. The van der Waals surface area contributed by atoms with Gasteiger partial charge in [-0.1, -0.05) is 12.8 Å². The Morgan fingerprint density at radius 2 is 1.83 bits per heavy atom. The minimum atomic E-state index is -0.0957. The predicted octanol–water partition coefficient (Wildman–Crippen LogP) is 3.88. The van der Waals surface area contributed by atoms with E-state index in [0.29, 0.717) is 11.5 Å². The first-order chi connectivity index (χ1) is 14.1. The van der Waals surface area contributed by atoms with Gasteiger partial charge in [-0.15, -0.1) is 0 Å². The largest absolute Gasteiger partial charge is 0.497 e. The summed E-state index contributed by atoms with van der Waals surface area (Å²) < 4.78 is 6.93. The maximum atomic E-state index is 12.9.